The molecule has 1 atom stereocenters. The van der Waals surface area contributed by atoms with Gasteiger partial charge in [-0.25, -0.2) is 4.98 Å². The van der Waals surface area contributed by atoms with Gasteiger partial charge in [0.2, 0.25) is 5.78 Å². The topological polar surface area (TPSA) is 53.4 Å². The van der Waals surface area contributed by atoms with Crippen molar-refractivity contribution in [3.8, 4) is 0 Å². The lowest BCUT2D eigenvalue weighted by atomic mass is 10.3. The highest BCUT2D eigenvalue weighted by Gasteiger charge is 2.23. The van der Waals surface area contributed by atoms with Gasteiger partial charge in [0.25, 0.3) is 0 Å². The maximum Gasteiger partial charge on any atom is 0.205 e. The average molecular weight is 212 g/mol. The molecule has 0 radical (unpaired) electrons. The number of aliphatic hydroxyl groups is 1. The highest BCUT2D eigenvalue weighted by molar-refractivity contribution is 7.11. The summed E-state index contributed by atoms with van der Waals surface area (Å²) in [4.78, 5) is 17.5. The number of carbonyl (C=O) groups is 1. The van der Waals surface area contributed by atoms with Crippen LogP contribution in [-0.4, -0.2) is 46.5 Å². The van der Waals surface area contributed by atoms with Crippen LogP contribution >= 0.6 is 11.3 Å². The van der Waals surface area contributed by atoms with Gasteiger partial charge in [0.05, 0.1) is 12.6 Å². The maximum absolute atomic E-state index is 11.6. The van der Waals surface area contributed by atoms with Crippen LogP contribution in [0.4, 0.5) is 0 Å². The van der Waals surface area contributed by atoms with Crippen molar-refractivity contribution in [2.24, 2.45) is 0 Å². The monoisotopic (exact) mass is 212 g/mol. The number of Topliss-reactive ketones (excluding diaryl/α,β-unsaturated/α-hetero) is 1. The summed E-state index contributed by atoms with van der Waals surface area (Å²) in [5, 5.41) is 11.6. The predicted octanol–water partition coefficient (Wildman–Crippen LogP) is 0.392. The summed E-state index contributed by atoms with van der Waals surface area (Å²) in [6.45, 7) is 1.79. The number of carbonyl (C=O) groups excluding carboxylic acids is 1. The quantitative estimate of drug-likeness (QED) is 0.736. The van der Waals surface area contributed by atoms with Gasteiger partial charge in [-0.05, 0) is 6.42 Å². The van der Waals surface area contributed by atoms with E-state index in [2.05, 4.69) is 4.98 Å². The molecule has 0 spiro atoms. The largest absolute Gasteiger partial charge is 0.392 e. The van der Waals surface area contributed by atoms with Gasteiger partial charge in [0, 0.05) is 24.7 Å². The van der Waals surface area contributed by atoms with E-state index >= 15 is 0 Å². The Balaban J connectivity index is 1.89. The number of likely N-dealkylation sites (tertiary alicyclic amines) is 1. The standard InChI is InChI=1S/C9H12N2O2S/c12-7-1-3-11(5-7)6-8(13)9-10-2-4-14-9/h2,4,7,12H,1,3,5-6H2/t7-/m1/s1. The zero-order valence-electron chi connectivity index (χ0n) is 7.72. The minimum Gasteiger partial charge on any atom is -0.392 e. The number of aliphatic hydroxyl groups excluding tert-OH is 1. The van der Waals surface area contributed by atoms with Gasteiger partial charge < -0.3 is 5.11 Å². The minimum absolute atomic E-state index is 0.0501. The first-order valence-corrected chi connectivity index (χ1v) is 5.47. The van der Waals surface area contributed by atoms with E-state index in [-0.39, 0.29) is 11.9 Å². The van der Waals surface area contributed by atoms with Crippen molar-refractivity contribution in [3.63, 3.8) is 0 Å². The molecule has 1 N–H and O–H groups in total. The fourth-order valence-corrected chi connectivity index (χ4v) is 2.16. The summed E-state index contributed by atoms with van der Waals surface area (Å²) in [5.74, 6) is 0.0501. The molecule has 2 rings (SSSR count). The van der Waals surface area contributed by atoms with Crippen LogP contribution in [0.15, 0.2) is 11.6 Å². The van der Waals surface area contributed by atoms with Gasteiger partial charge >= 0.3 is 0 Å². The average Bonchev–Trinajstić information content (AvgIpc) is 2.75. The Morgan fingerprint density at radius 3 is 3.21 bits per heavy atom. The summed E-state index contributed by atoms with van der Waals surface area (Å²) < 4.78 is 0. The second-order valence-corrected chi connectivity index (χ2v) is 4.33. The van der Waals surface area contributed by atoms with E-state index in [0.717, 1.165) is 13.0 Å². The van der Waals surface area contributed by atoms with Gasteiger partial charge in [-0.1, -0.05) is 0 Å². The first-order valence-electron chi connectivity index (χ1n) is 4.59. The molecule has 76 valence electrons. The smallest absolute Gasteiger partial charge is 0.205 e. The molecule has 4 nitrogen and oxygen atoms in total. The van der Waals surface area contributed by atoms with Gasteiger partial charge in [0.15, 0.2) is 5.01 Å². The fourth-order valence-electron chi connectivity index (χ4n) is 1.59. The molecular formula is C9H12N2O2S. The Labute approximate surface area is 86.2 Å². The molecule has 2 heterocycles. The van der Waals surface area contributed by atoms with E-state index in [1.807, 2.05) is 4.90 Å². The van der Waals surface area contributed by atoms with E-state index in [0.29, 0.717) is 18.1 Å². The summed E-state index contributed by atoms with van der Waals surface area (Å²) in [6.07, 6.45) is 2.14. The van der Waals surface area contributed by atoms with Crippen LogP contribution in [0.1, 0.15) is 16.2 Å². The Morgan fingerprint density at radius 1 is 1.79 bits per heavy atom. The van der Waals surface area contributed by atoms with Gasteiger partial charge in [0.1, 0.15) is 0 Å². The predicted molar refractivity (Wildman–Crippen MR) is 53.5 cm³/mol. The molecular weight excluding hydrogens is 200 g/mol. The van der Waals surface area contributed by atoms with E-state index in [9.17, 15) is 9.90 Å². The highest BCUT2D eigenvalue weighted by Crippen LogP contribution is 2.11. The SMILES string of the molecule is O=C(CN1CC[C@@H](O)C1)c1nccs1. The molecule has 1 aliphatic rings. The molecule has 5 heteroatoms. The third-order valence-corrected chi connectivity index (χ3v) is 3.10. The van der Waals surface area contributed by atoms with Gasteiger partial charge in [-0.15, -0.1) is 11.3 Å². The van der Waals surface area contributed by atoms with Gasteiger partial charge in [-0.2, -0.15) is 0 Å². The van der Waals surface area contributed by atoms with Crippen molar-refractivity contribution < 1.29 is 9.90 Å². The summed E-state index contributed by atoms with van der Waals surface area (Å²) in [7, 11) is 0. The van der Waals surface area contributed by atoms with Crippen LogP contribution in [-0.2, 0) is 0 Å². The van der Waals surface area contributed by atoms with Crippen LogP contribution in [0.2, 0.25) is 0 Å². The molecule has 1 aromatic heterocycles. The van der Waals surface area contributed by atoms with Crippen LogP contribution in [0.25, 0.3) is 0 Å². The third-order valence-electron chi connectivity index (χ3n) is 2.29. The summed E-state index contributed by atoms with van der Waals surface area (Å²) in [5.41, 5.74) is 0. The first kappa shape index (κ1) is 9.76. The number of β-amino-alcohol motifs (C(OH)–C–C–N with tert-alkyl or cyclic N) is 1. The lowest BCUT2D eigenvalue weighted by Gasteiger charge is -2.12. The number of aromatic nitrogens is 1. The van der Waals surface area contributed by atoms with E-state index in [1.54, 1.807) is 11.6 Å². The molecule has 0 unspecified atom stereocenters. The maximum atomic E-state index is 11.6. The zero-order chi connectivity index (χ0) is 9.97. The second kappa shape index (κ2) is 4.16. The molecule has 0 bridgehead atoms. The molecule has 0 aromatic carbocycles. The molecule has 0 amide bonds. The molecule has 0 saturated carbocycles. The van der Waals surface area contributed by atoms with Crippen LogP contribution in [0.5, 0.6) is 0 Å². The minimum atomic E-state index is -0.265. The van der Waals surface area contributed by atoms with Crippen LogP contribution in [0, 0.1) is 0 Å². The van der Waals surface area contributed by atoms with Crippen molar-refractivity contribution in [2.45, 2.75) is 12.5 Å². The van der Waals surface area contributed by atoms with E-state index in [1.165, 1.54) is 11.3 Å². The molecule has 1 saturated heterocycles. The van der Waals surface area contributed by atoms with E-state index < -0.39 is 0 Å². The number of hydrogen-bond donors (Lipinski definition) is 1. The molecule has 14 heavy (non-hydrogen) atoms. The van der Waals surface area contributed by atoms with E-state index in [4.69, 9.17) is 0 Å². The number of ketones is 1. The van der Waals surface area contributed by atoms with Crippen molar-refractivity contribution in [2.75, 3.05) is 19.6 Å². The van der Waals surface area contributed by atoms with Crippen molar-refractivity contribution in [3.05, 3.63) is 16.6 Å². The first-order chi connectivity index (χ1) is 6.75. The molecule has 1 aromatic rings. The van der Waals surface area contributed by atoms with Crippen LogP contribution in [0.3, 0.4) is 0 Å². The summed E-state index contributed by atoms with van der Waals surface area (Å²) in [6, 6.07) is 0. The normalized spacial score (nSPS) is 22.8. The highest BCUT2D eigenvalue weighted by atomic mass is 32.1. The second-order valence-electron chi connectivity index (χ2n) is 3.44. The Hall–Kier alpha value is -0.780. The fraction of sp³-hybridized carbons (Fsp3) is 0.556. The number of hydrogen-bond acceptors (Lipinski definition) is 5. The van der Waals surface area contributed by atoms with Crippen LogP contribution < -0.4 is 0 Å². The molecule has 0 aliphatic carbocycles. The lowest BCUT2D eigenvalue weighted by molar-refractivity contribution is 0.0934. The number of thiazole rings is 1. The zero-order valence-corrected chi connectivity index (χ0v) is 8.54. The number of nitrogens with zero attached hydrogens (tertiary/aromatic N) is 2. The molecule has 1 aliphatic heterocycles. The third kappa shape index (κ3) is 2.17. The molecule has 1 fully saturated rings. The van der Waals surface area contributed by atoms with Gasteiger partial charge in [-0.3, -0.25) is 9.69 Å². The Bertz CT molecular complexity index is 313. The summed E-state index contributed by atoms with van der Waals surface area (Å²) >= 11 is 1.37. The Kier molecular flexibility index (Phi) is 2.90. The van der Waals surface area contributed by atoms with Crippen molar-refractivity contribution >= 4 is 17.1 Å². The lowest BCUT2D eigenvalue weighted by Crippen LogP contribution is -2.28. The van der Waals surface area contributed by atoms with Crippen molar-refractivity contribution in [1.29, 1.82) is 0 Å². The Morgan fingerprint density at radius 2 is 2.64 bits per heavy atom. The number of rotatable bonds is 3. The van der Waals surface area contributed by atoms with Crippen molar-refractivity contribution in [1.82, 2.24) is 9.88 Å².